The van der Waals surface area contributed by atoms with Crippen molar-refractivity contribution in [3.63, 3.8) is 0 Å². The first-order valence-electron chi connectivity index (χ1n) is 9.79. The SMILES string of the molecule is c1ccc2cc(-c3nc4c5ccccc5n5c6ccccc6c(n3)c45)ccc2c1. The Balaban J connectivity index is 1.67. The Morgan fingerprint density at radius 2 is 1.14 bits per heavy atom. The number of aromatic nitrogens is 3. The standard InChI is InChI=1S/C26H15N3/c1-2-8-17-15-18(14-13-16(17)7-1)26-27-23-19-9-3-5-11-21(19)29-22-12-6-4-10-20(22)24(28-26)25(23)29/h1-15H. The quantitative estimate of drug-likeness (QED) is 0.333. The average molecular weight is 369 g/mol. The Hall–Kier alpha value is -3.98. The third-order valence-corrected chi connectivity index (χ3v) is 5.92. The maximum absolute atomic E-state index is 5.05. The van der Waals surface area contributed by atoms with E-state index in [-0.39, 0.29) is 0 Å². The molecule has 4 aromatic carbocycles. The number of benzene rings is 4. The third kappa shape index (κ3) is 1.91. The van der Waals surface area contributed by atoms with Crippen molar-refractivity contribution in [2.24, 2.45) is 0 Å². The molecule has 0 bridgehead atoms. The molecule has 0 unspecified atom stereocenters. The highest BCUT2D eigenvalue weighted by molar-refractivity contribution is 6.20. The Bertz CT molecular complexity index is 1630. The van der Waals surface area contributed by atoms with E-state index in [0.29, 0.717) is 0 Å². The van der Waals surface area contributed by atoms with Gasteiger partial charge in [-0.2, -0.15) is 0 Å². The van der Waals surface area contributed by atoms with E-state index in [0.717, 1.165) is 27.9 Å². The summed E-state index contributed by atoms with van der Waals surface area (Å²) >= 11 is 0. The van der Waals surface area contributed by atoms with Gasteiger partial charge < -0.3 is 4.40 Å². The fourth-order valence-corrected chi connectivity index (χ4v) is 4.61. The van der Waals surface area contributed by atoms with E-state index in [2.05, 4.69) is 95.4 Å². The van der Waals surface area contributed by atoms with Gasteiger partial charge in [-0.15, -0.1) is 0 Å². The van der Waals surface area contributed by atoms with E-state index in [1.165, 1.54) is 32.6 Å². The van der Waals surface area contributed by atoms with Crippen LogP contribution in [0.25, 0.3) is 60.5 Å². The summed E-state index contributed by atoms with van der Waals surface area (Å²) in [5.41, 5.74) is 6.55. The minimum atomic E-state index is 0.776. The molecular formula is C26H15N3. The zero-order valence-electron chi connectivity index (χ0n) is 15.5. The summed E-state index contributed by atoms with van der Waals surface area (Å²) in [7, 11) is 0. The maximum atomic E-state index is 5.05. The van der Waals surface area contributed by atoms with Crippen LogP contribution in [0.2, 0.25) is 0 Å². The molecular weight excluding hydrogens is 354 g/mol. The van der Waals surface area contributed by atoms with Crippen LogP contribution in [0.3, 0.4) is 0 Å². The van der Waals surface area contributed by atoms with Crippen molar-refractivity contribution in [3.05, 3.63) is 91.0 Å². The molecule has 0 atom stereocenters. The average Bonchev–Trinajstić information content (AvgIpc) is 3.30. The Kier molecular flexibility index (Phi) is 2.74. The summed E-state index contributed by atoms with van der Waals surface area (Å²) in [6.07, 6.45) is 0. The van der Waals surface area contributed by atoms with Crippen molar-refractivity contribution < 1.29 is 0 Å². The largest absolute Gasteiger partial charge is 0.305 e. The molecule has 7 aromatic rings. The molecule has 0 N–H and O–H groups in total. The molecule has 0 spiro atoms. The molecule has 0 aliphatic heterocycles. The van der Waals surface area contributed by atoms with Crippen LogP contribution in [-0.2, 0) is 0 Å². The molecule has 134 valence electrons. The third-order valence-electron chi connectivity index (χ3n) is 5.92. The van der Waals surface area contributed by atoms with Crippen molar-refractivity contribution >= 4 is 49.1 Å². The number of rotatable bonds is 1. The lowest BCUT2D eigenvalue weighted by atomic mass is 10.1. The van der Waals surface area contributed by atoms with E-state index in [1.54, 1.807) is 0 Å². The van der Waals surface area contributed by atoms with Gasteiger partial charge in [-0.1, -0.05) is 72.8 Å². The summed E-state index contributed by atoms with van der Waals surface area (Å²) in [4.78, 5) is 10.1. The highest BCUT2D eigenvalue weighted by atomic mass is 15.0. The summed E-state index contributed by atoms with van der Waals surface area (Å²) in [5.74, 6) is 0.776. The number of para-hydroxylation sites is 2. The number of nitrogens with zero attached hydrogens (tertiary/aromatic N) is 3. The molecule has 3 aromatic heterocycles. The van der Waals surface area contributed by atoms with E-state index in [1.807, 2.05) is 0 Å². The van der Waals surface area contributed by atoms with Crippen LogP contribution in [0.4, 0.5) is 0 Å². The monoisotopic (exact) mass is 369 g/mol. The minimum absolute atomic E-state index is 0.776. The van der Waals surface area contributed by atoms with Crippen LogP contribution in [-0.4, -0.2) is 14.4 Å². The lowest BCUT2D eigenvalue weighted by Gasteiger charge is -2.04. The van der Waals surface area contributed by atoms with E-state index < -0.39 is 0 Å². The summed E-state index contributed by atoms with van der Waals surface area (Å²) < 4.78 is 2.31. The van der Waals surface area contributed by atoms with Crippen molar-refractivity contribution in [2.75, 3.05) is 0 Å². The zero-order chi connectivity index (χ0) is 18.9. The fraction of sp³-hybridized carbons (Fsp3) is 0. The first-order chi connectivity index (χ1) is 14.4. The number of fused-ring (bicyclic) bond motifs is 7. The molecule has 0 aliphatic carbocycles. The van der Waals surface area contributed by atoms with Crippen LogP contribution in [0, 0.1) is 0 Å². The highest BCUT2D eigenvalue weighted by Gasteiger charge is 2.20. The molecule has 0 radical (unpaired) electrons. The van der Waals surface area contributed by atoms with Crippen molar-refractivity contribution in [1.29, 1.82) is 0 Å². The zero-order valence-corrected chi connectivity index (χ0v) is 15.5. The molecule has 3 nitrogen and oxygen atoms in total. The Labute approximate surface area is 166 Å². The van der Waals surface area contributed by atoms with Gasteiger partial charge in [0.05, 0.1) is 16.6 Å². The van der Waals surface area contributed by atoms with Crippen LogP contribution >= 0.6 is 0 Å². The number of hydrogen-bond acceptors (Lipinski definition) is 2. The maximum Gasteiger partial charge on any atom is 0.160 e. The first-order valence-corrected chi connectivity index (χ1v) is 9.79. The van der Waals surface area contributed by atoms with Gasteiger partial charge in [0.15, 0.2) is 5.82 Å². The Morgan fingerprint density at radius 3 is 1.83 bits per heavy atom. The molecule has 3 heterocycles. The smallest absolute Gasteiger partial charge is 0.160 e. The second kappa shape index (κ2) is 5.30. The predicted octanol–water partition coefficient (Wildman–Crippen LogP) is 6.45. The van der Waals surface area contributed by atoms with Gasteiger partial charge in [-0.05, 0) is 29.0 Å². The fourth-order valence-electron chi connectivity index (χ4n) is 4.61. The van der Waals surface area contributed by atoms with Gasteiger partial charge in [-0.3, -0.25) is 0 Å². The van der Waals surface area contributed by atoms with Crippen LogP contribution in [0.1, 0.15) is 0 Å². The normalized spacial score (nSPS) is 12.1. The molecule has 0 saturated carbocycles. The second-order valence-corrected chi connectivity index (χ2v) is 7.52. The summed E-state index contributed by atoms with van der Waals surface area (Å²) in [5, 5.41) is 4.77. The molecule has 7 rings (SSSR count). The molecule has 0 saturated heterocycles. The van der Waals surface area contributed by atoms with Gasteiger partial charge in [0.1, 0.15) is 11.0 Å². The van der Waals surface area contributed by atoms with E-state index in [4.69, 9.17) is 9.97 Å². The van der Waals surface area contributed by atoms with Crippen molar-refractivity contribution in [2.45, 2.75) is 0 Å². The Morgan fingerprint density at radius 1 is 0.552 bits per heavy atom. The van der Waals surface area contributed by atoms with E-state index >= 15 is 0 Å². The molecule has 0 amide bonds. The minimum Gasteiger partial charge on any atom is -0.305 e. The van der Waals surface area contributed by atoms with Gasteiger partial charge >= 0.3 is 0 Å². The van der Waals surface area contributed by atoms with Crippen molar-refractivity contribution in [1.82, 2.24) is 14.4 Å². The van der Waals surface area contributed by atoms with E-state index in [9.17, 15) is 0 Å². The summed E-state index contributed by atoms with van der Waals surface area (Å²) in [6, 6.07) is 31.8. The van der Waals surface area contributed by atoms with Gasteiger partial charge in [0.2, 0.25) is 0 Å². The first kappa shape index (κ1) is 15.0. The highest BCUT2D eigenvalue weighted by Crippen LogP contribution is 2.38. The lowest BCUT2D eigenvalue weighted by Crippen LogP contribution is -1.90. The van der Waals surface area contributed by atoms with Crippen molar-refractivity contribution in [3.8, 4) is 11.4 Å². The molecule has 3 heteroatoms. The van der Waals surface area contributed by atoms with Crippen LogP contribution < -0.4 is 0 Å². The molecule has 29 heavy (non-hydrogen) atoms. The molecule has 0 aliphatic rings. The van der Waals surface area contributed by atoms with Crippen LogP contribution in [0.5, 0.6) is 0 Å². The molecule has 0 fully saturated rings. The lowest BCUT2D eigenvalue weighted by molar-refractivity contribution is 1.26. The second-order valence-electron chi connectivity index (χ2n) is 7.52. The van der Waals surface area contributed by atoms with Gasteiger partial charge in [0.25, 0.3) is 0 Å². The number of hydrogen-bond donors (Lipinski definition) is 0. The van der Waals surface area contributed by atoms with Gasteiger partial charge in [0, 0.05) is 16.3 Å². The topological polar surface area (TPSA) is 30.2 Å². The van der Waals surface area contributed by atoms with Gasteiger partial charge in [-0.25, -0.2) is 9.97 Å². The van der Waals surface area contributed by atoms with Crippen LogP contribution in [0.15, 0.2) is 91.0 Å². The predicted molar refractivity (Wildman–Crippen MR) is 120 cm³/mol. The summed E-state index contributed by atoms with van der Waals surface area (Å²) in [6.45, 7) is 0.